The van der Waals surface area contributed by atoms with E-state index < -0.39 is 4.92 Å². The van der Waals surface area contributed by atoms with Gasteiger partial charge in [-0.2, -0.15) is 0 Å². The first kappa shape index (κ1) is 16.1. The number of anilines is 1. The maximum absolute atomic E-state index is 12.2. The lowest BCUT2D eigenvalue weighted by Gasteiger charge is -2.28. The highest BCUT2D eigenvalue weighted by molar-refractivity contribution is 5.92. The molecule has 2 aromatic carbocycles. The van der Waals surface area contributed by atoms with Gasteiger partial charge in [0.1, 0.15) is 0 Å². The first-order chi connectivity index (χ1) is 11.5. The van der Waals surface area contributed by atoms with Crippen LogP contribution in [0.25, 0.3) is 0 Å². The first-order valence-electron chi connectivity index (χ1n) is 7.87. The molecule has 124 valence electrons. The number of hydrogen-bond acceptors (Lipinski definition) is 4. The van der Waals surface area contributed by atoms with Gasteiger partial charge >= 0.3 is 0 Å². The molecule has 0 spiro atoms. The van der Waals surface area contributed by atoms with Crippen LogP contribution in [0.1, 0.15) is 16.7 Å². The fourth-order valence-electron chi connectivity index (χ4n) is 2.98. The number of nitrogens with one attached hydrogen (secondary N) is 1. The summed E-state index contributed by atoms with van der Waals surface area (Å²) in [5.74, 6) is -0.160. The fourth-order valence-corrected chi connectivity index (χ4v) is 2.98. The average molecular weight is 325 g/mol. The highest BCUT2D eigenvalue weighted by Gasteiger charge is 2.18. The van der Waals surface area contributed by atoms with Crippen molar-refractivity contribution >= 4 is 17.3 Å². The lowest BCUT2D eigenvalue weighted by molar-refractivity contribution is -0.385. The van der Waals surface area contributed by atoms with E-state index in [1.54, 1.807) is 19.1 Å². The second-order valence-electron chi connectivity index (χ2n) is 6.04. The van der Waals surface area contributed by atoms with Gasteiger partial charge in [0.15, 0.2) is 0 Å². The molecule has 0 saturated heterocycles. The Labute approximate surface area is 140 Å². The Morgan fingerprint density at radius 3 is 2.75 bits per heavy atom. The molecule has 24 heavy (non-hydrogen) atoms. The average Bonchev–Trinajstić information content (AvgIpc) is 2.56. The predicted octanol–water partition coefficient (Wildman–Crippen LogP) is 2.90. The molecule has 0 unspecified atom stereocenters. The van der Waals surface area contributed by atoms with Crippen molar-refractivity contribution in [3.63, 3.8) is 0 Å². The molecule has 0 radical (unpaired) electrons. The highest BCUT2D eigenvalue weighted by Crippen LogP contribution is 2.22. The number of nitrogens with zero attached hydrogens (tertiary/aromatic N) is 2. The Morgan fingerprint density at radius 1 is 1.25 bits per heavy atom. The monoisotopic (exact) mass is 325 g/mol. The number of fused-ring (bicyclic) bond motifs is 1. The SMILES string of the molecule is Cc1ccc(NC(=O)CN2CCc3ccccc3C2)cc1[N+](=O)[O-]. The van der Waals surface area contributed by atoms with Crippen LogP contribution in [0.4, 0.5) is 11.4 Å². The number of aryl methyl sites for hydroxylation is 1. The Kier molecular flexibility index (Phi) is 4.57. The molecule has 0 aromatic heterocycles. The largest absolute Gasteiger partial charge is 0.325 e. The summed E-state index contributed by atoms with van der Waals surface area (Å²) in [5, 5.41) is 13.7. The Bertz CT molecular complexity index is 789. The van der Waals surface area contributed by atoms with Crippen LogP contribution >= 0.6 is 0 Å². The van der Waals surface area contributed by atoms with Gasteiger partial charge in [0.2, 0.25) is 5.91 Å². The van der Waals surface area contributed by atoms with Gasteiger partial charge in [0, 0.05) is 30.4 Å². The van der Waals surface area contributed by atoms with Crippen molar-refractivity contribution < 1.29 is 9.72 Å². The van der Waals surface area contributed by atoms with Crippen LogP contribution in [0.3, 0.4) is 0 Å². The minimum atomic E-state index is -0.438. The second-order valence-corrected chi connectivity index (χ2v) is 6.04. The number of rotatable bonds is 4. The molecule has 6 heteroatoms. The molecule has 1 heterocycles. The summed E-state index contributed by atoms with van der Waals surface area (Å²) in [6.07, 6.45) is 0.930. The van der Waals surface area contributed by atoms with Gasteiger partial charge in [0.25, 0.3) is 5.69 Å². The summed E-state index contributed by atoms with van der Waals surface area (Å²) in [6.45, 7) is 3.53. The van der Waals surface area contributed by atoms with E-state index in [0.29, 0.717) is 11.3 Å². The molecule has 6 nitrogen and oxygen atoms in total. The maximum Gasteiger partial charge on any atom is 0.274 e. The molecule has 0 bridgehead atoms. The maximum atomic E-state index is 12.2. The fraction of sp³-hybridized carbons (Fsp3) is 0.278. The summed E-state index contributed by atoms with van der Waals surface area (Å²) in [4.78, 5) is 24.9. The third-order valence-corrected chi connectivity index (χ3v) is 4.27. The molecule has 0 atom stereocenters. The molecule has 3 rings (SSSR count). The quantitative estimate of drug-likeness (QED) is 0.693. The lowest BCUT2D eigenvalue weighted by Crippen LogP contribution is -2.37. The predicted molar refractivity (Wildman–Crippen MR) is 91.9 cm³/mol. The number of amides is 1. The molecular formula is C18H19N3O3. The van der Waals surface area contributed by atoms with E-state index in [2.05, 4.69) is 22.3 Å². The Balaban J connectivity index is 1.63. The summed E-state index contributed by atoms with van der Waals surface area (Å²) >= 11 is 0. The van der Waals surface area contributed by atoms with Crippen LogP contribution in [-0.2, 0) is 17.8 Å². The molecule has 0 saturated carbocycles. The van der Waals surface area contributed by atoms with Crippen molar-refractivity contribution in [2.75, 3.05) is 18.4 Å². The van der Waals surface area contributed by atoms with Crippen LogP contribution in [0, 0.1) is 17.0 Å². The number of carbonyl (C=O) groups is 1. The molecule has 1 aliphatic rings. The van der Waals surface area contributed by atoms with E-state index in [1.807, 2.05) is 12.1 Å². The third-order valence-electron chi connectivity index (χ3n) is 4.27. The molecule has 1 aliphatic heterocycles. The van der Waals surface area contributed by atoms with Gasteiger partial charge in [0.05, 0.1) is 11.5 Å². The van der Waals surface area contributed by atoms with E-state index in [1.165, 1.54) is 17.2 Å². The third kappa shape index (κ3) is 3.60. The minimum absolute atomic E-state index is 0.0136. The van der Waals surface area contributed by atoms with Crippen molar-refractivity contribution in [1.29, 1.82) is 0 Å². The number of carbonyl (C=O) groups excluding carboxylic acids is 1. The van der Waals surface area contributed by atoms with Gasteiger partial charge < -0.3 is 5.32 Å². The lowest BCUT2D eigenvalue weighted by atomic mass is 10.00. The molecule has 1 N–H and O–H groups in total. The van der Waals surface area contributed by atoms with Crippen molar-refractivity contribution in [1.82, 2.24) is 4.90 Å². The second kappa shape index (κ2) is 6.80. The van der Waals surface area contributed by atoms with Gasteiger partial charge in [-0.25, -0.2) is 0 Å². The van der Waals surface area contributed by atoms with E-state index in [-0.39, 0.29) is 18.1 Å². The number of nitro groups is 1. The van der Waals surface area contributed by atoms with Crippen LogP contribution in [0.15, 0.2) is 42.5 Å². The van der Waals surface area contributed by atoms with Gasteiger partial charge in [-0.3, -0.25) is 19.8 Å². The number of benzene rings is 2. The normalized spacial score (nSPS) is 14.0. The van der Waals surface area contributed by atoms with E-state index in [4.69, 9.17) is 0 Å². The summed E-state index contributed by atoms with van der Waals surface area (Å²) < 4.78 is 0. The van der Waals surface area contributed by atoms with E-state index >= 15 is 0 Å². The topological polar surface area (TPSA) is 75.5 Å². The van der Waals surface area contributed by atoms with Gasteiger partial charge in [-0.15, -0.1) is 0 Å². The molecule has 1 amide bonds. The van der Waals surface area contributed by atoms with Crippen LogP contribution < -0.4 is 5.32 Å². The zero-order chi connectivity index (χ0) is 17.1. The van der Waals surface area contributed by atoms with Gasteiger partial charge in [-0.05, 0) is 30.5 Å². The van der Waals surface area contributed by atoms with Crippen molar-refractivity contribution in [2.45, 2.75) is 19.9 Å². The van der Waals surface area contributed by atoms with E-state index in [0.717, 1.165) is 19.5 Å². The summed E-state index contributed by atoms with van der Waals surface area (Å²) in [5.41, 5.74) is 3.63. The number of hydrogen-bond donors (Lipinski definition) is 1. The minimum Gasteiger partial charge on any atom is -0.325 e. The van der Waals surface area contributed by atoms with Crippen LogP contribution in [0.5, 0.6) is 0 Å². The van der Waals surface area contributed by atoms with Crippen molar-refractivity contribution in [3.05, 3.63) is 69.3 Å². The molecule has 0 fully saturated rings. The Morgan fingerprint density at radius 2 is 2.00 bits per heavy atom. The zero-order valence-electron chi connectivity index (χ0n) is 13.5. The molecule has 2 aromatic rings. The highest BCUT2D eigenvalue weighted by atomic mass is 16.6. The van der Waals surface area contributed by atoms with Crippen molar-refractivity contribution in [3.8, 4) is 0 Å². The first-order valence-corrected chi connectivity index (χ1v) is 7.87. The number of nitro benzene ring substituents is 1. The van der Waals surface area contributed by atoms with Crippen LogP contribution in [-0.4, -0.2) is 28.8 Å². The van der Waals surface area contributed by atoms with Crippen molar-refractivity contribution in [2.24, 2.45) is 0 Å². The standard InChI is InChI=1S/C18H19N3O3/c1-13-6-7-16(10-17(13)21(23)24)19-18(22)12-20-9-8-14-4-2-3-5-15(14)11-20/h2-7,10H,8-9,11-12H2,1H3,(H,19,22). The van der Waals surface area contributed by atoms with Gasteiger partial charge in [-0.1, -0.05) is 30.3 Å². The summed E-state index contributed by atoms with van der Waals surface area (Å²) in [7, 11) is 0. The molecular weight excluding hydrogens is 306 g/mol. The van der Waals surface area contributed by atoms with Crippen LogP contribution in [0.2, 0.25) is 0 Å². The van der Waals surface area contributed by atoms with E-state index in [9.17, 15) is 14.9 Å². The zero-order valence-corrected chi connectivity index (χ0v) is 13.5. The molecule has 0 aliphatic carbocycles. The Hall–Kier alpha value is -2.73. The smallest absolute Gasteiger partial charge is 0.274 e. The summed E-state index contributed by atoms with van der Waals surface area (Å²) in [6, 6.07) is 13.0.